The van der Waals surface area contributed by atoms with Crippen LogP contribution in [-0.4, -0.2) is 55.3 Å². The predicted molar refractivity (Wildman–Crippen MR) is 114 cm³/mol. The number of nitrogens with zero attached hydrogens (tertiary/aromatic N) is 2. The number of aliphatic imine (C=N–C) groups is 1. The summed E-state index contributed by atoms with van der Waals surface area (Å²) in [6.07, 6.45) is 5.13. The zero-order valence-electron chi connectivity index (χ0n) is 17.4. The van der Waals surface area contributed by atoms with Crippen LogP contribution in [0.15, 0.2) is 41.4 Å². The summed E-state index contributed by atoms with van der Waals surface area (Å²) >= 11 is 0. The molecule has 2 fully saturated rings. The molecule has 0 radical (unpaired) electrons. The Morgan fingerprint density at radius 2 is 1.90 bits per heavy atom. The number of ether oxygens (including phenoxy) is 1. The minimum absolute atomic E-state index is 0.0376. The normalized spacial score (nSPS) is 26.4. The molecule has 31 heavy (non-hydrogen) atoms. The van der Waals surface area contributed by atoms with Crippen LogP contribution in [0.5, 0.6) is 5.75 Å². The third-order valence-electron chi connectivity index (χ3n) is 6.15. The van der Waals surface area contributed by atoms with Gasteiger partial charge in [-0.3, -0.25) is 24.3 Å². The van der Waals surface area contributed by atoms with E-state index < -0.39 is 5.91 Å². The predicted octanol–water partition coefficient (Wildman–Crippen LogP) is 0.0228. The van der Waals surface area contributed by atoms with Crippen molar-refractivity contribution in [2.75, 3.05) is 26.7 Å². The summed E-state index contributed by atoms with van der Waals surface area (Å²) in [4.78, 5) is 41.9. The van der Waals surface area contributed by atoms with Crippen LogP contribution in [0.3, 0.4) is 0 Å². The number of rotatable bonds is 8. The molecule has 164 valence electrons. The smallest absolute Gasteiger partial charge is 0.255 e. The molecule has 0 spiro atoms. The number of amides is 3. The topological polar surface area (TPSA) is 126 Å². The van der Waals surface area contributed by atoms with Gasteiger partial charge in [-0.15, -0.1) is 0 Å². The Morgan fingerprint density at radius 1 is 1.19 bits per heavy atom. The van der Waals surface area contributed by atoms with Crippen LogP contribution in [0.4, 0.5) is 0 Å². The van der Waals surface area contributed by atoms with Crippen molar-refractivity contribution in [3.8, 4) is 5.75 Å². The molecule has 0 aromatic heterocycles. The highest BCUT2D eigenvalue weighted by atomic mass is 16.5. The van der Waals surface area contributed by atoms with E-state index in [1.54, 1.807) is 13.1 Å². The van der Waals surface area contributed by atoms with Gasteiger partial charge in [0.1, 0.15) is 5.75 Å². The van der Waals surface area contributed by atoms with E-state index in [1.807, 2.05) is 18.2 Å². The van der Waals surface area contributed by atoms with Crippen molar-refractivity contribution in [1.82, 2.24) is 15.5 Å². The standard InChI is InChI=1S/C22H27N5O4/c1-24-22(26-11-13-3-2-4-16(9-13)31-12-17(23)28)25-7-8-27-20(29)18-14-5-6-15(10-14)19(18)21(27)30/h2-6,9,14-15,18-19H,7-8,10-12H2,1H3,(H2,23,28)(H2,24,25,26). The van der Waals surface area contributed by atoms with Gasteiger partial charge in [-0.05, 0) is 36.0 Å². The van der Waals surface area contributed by atoms with Crippen LogP contribution in [0.25, 0.3) is 0 Å². The van der Waals surface area contributed by atoms with Crippen LogP contribution in [0.2, 0.25) is 0 Å². The first-order valence-electron chi connectivity index (χ1n) is 10.5. The second kappa shape index (κ2) is 8.79. The maximum atomic E-state index is 12.7. The summed E-state index contributed by atoms with van der Waals surface area (Å²) in [5.74, 6) is 0.631. The van der Waals surface area contributed by atoms with Crippen molar-refractivity contribution in [1.29, 1.82) is 0 Å². The lowest BCUT2D eigenvalue weighted by molar-refractivity contribution is -0.140. The molecule has 1 aliphatic heterocycles. The molecule has 2 bridgehead atoms. The molecule has 3 amide bonds. The number of imide groups is 1. The molecule has 4 rings (SSSR count). The van der Waals surface area contributed by atoms with Crippen LogP contribution < -0.4 is 21.1 Å². The zero-order valence-corrected chi connectivity index (χ0v) is 17.4. The highest BCUT2D eigenvalue weighted by molar-refractivity contribution is 6.06. The average molecular weight is 425 g/mol. The lowest BCUT2D eigenvalue weighted by Gasteiger charge is -2.18. The molecule has 4 N–H and O–H groups in total. The number of guanidine groups is 1. The first kappa shape index (κ1) is 20.9. The van der Waals surface area contributed by atoms with Gasteiger partial charge in [-0.2, -0.15) is 0 Å². The van der Waals surface area contributed by atoms with Gasteiger partial charge in [-0.25, -0.2) is 0 Å². The van der Waals surface area contributed by atoms with E-state index in [0.717, 1.165) is 12.0 Å². The number of carbonyl (C=O) groups is 3. The quantitative estimate of drug-likeness (QED) is 0.233. The number of nitrogens with two attached hydrogens (primary N) is 1. The maximum Gasteiger partial charge on any atom is 0.255 e. The Labute approximate surface area is 180 Å². The Balaban J connectivity index is 1.24. The Bertz CT molecular complexity index is 914. The maximum absolute atomic E-state index is 12.7. The van der Waals surface area contributed by atoms with E-state index >= 15 is 0 Å². The highest BCUT2D eigenvalue weighted by Gasteiger charge is 2.58. The van der Waals surface area contributed by atoms with Gasteiger partial charge >= 0.3 is 0 Å². The number of hydrogen-bond acceptors (Lipinski definition) is 5. The lowest BCUT2D eigenvalue weighted by atomic mass is 9.85. The van der Waals surface area contributed by atoms with Crippen LogP contribution in [-0.2, 0) is 20.9 Å². The lowest BCUT2D eigenvalue weighted by Crippen LogP contribution is -2.43. The first-order chi connectivity index (χ1) is 15.0. The van der Waals surface area contributed by atoms with E-state index in [2.05, 4.69) is 27.8 Å². The minimum atomic E-state index is -0.532. The van der Waals surface area contributed by atoms with E-state index in [4.69, 9.17) is 10.5 Å². The zero-order chi connectivity index (χ0) is 22.0. The molecule has 9 heteroatoms. The fourth-order valence-electron chi connectivity index (χ4n) is 4.78. The Hall–Kier alpha value is -3.36. The summed E-state index contributed by atoms with van der Waals surface area (Å²) in [7, 11) is 1.65. The minimum Gasteiger partial charge on any atom is -0.484 e. The summed E-state index contributed by atoms with van der Waals surface area (Å²) < 4.78 is 5.31. The average Bonchev–Trinajstić information content (AvgIpc) is 3.44. The number of hydrogen-bond donors (Lipinski definition) is 3. The van der Waals surface area contributed by atoms with Crippen LogP contribution in [0.1, 0.15) is 12.0 Å². The molecule has 4 unspecified atom stereocenters. The molecule has 9 nitrogen and oxygen atoms in total. The number of fused-ring (bicyclic) bond motifs is 5. The van der Waals surface area contributed by atoms with Gasteiger partial charge in [0, 0.05) is 26.7 Å². The number of primary amides is 1. The largest absolute Gasteiger partial charge is 0.484 e. The molecule has 2 aliphatic carbocycles. The molecule has 3 aliphatic rings. The van der Waals surface area contributed by atoms with Crippen molar-refractivity contribution in [3.63, 3.8) is 0 Å². The summed E-state index contributed by atoms with van der Waals surface area (Å²) in [5, 5.41) is 6.33. The van der Waals surface area contributed by atoms with Gasteiger partial charge in [0.25, 0.3) is 5.91 Å². The first-order valence-corrected chi connectivity index (χ1v) is 10.5. The van der Waals surface area contributed by atoms with Crippen molar-refractivity contribution in [3.05, 3.63) is 42.0 Å². The van der Waals surface area contributed by atoms with Crippen molar-refractivity contribution >= 4 is 23.7 Å². The van der Waals surface area contributed by atoms with E-state index in [1.165, 1.54) is 4.90 Å². The Kier molecular flexibility index (Phi) is 5.92. The van der Waals surface area contributed by atoms with E-state index in [9.17, 15) is 14.4 Å². The molecule has 1 aromatic carbocycles. The second-order valence-corrected chi connectivity index (χ2v) is 8.08. The number of nitrogens with one attached hydrogen (secondary N) is 2. The van der Waals surface area contributed by atoms with Crippen LogP contribution in [0, 0.1) is 23.7 Å². The highest BCUT2D eigenvalue weighted by Crippen LogP contribution is 2.52. The van der Waals surface area contributed by atoms with E-state index in [0.29, 0.717) is 31.3 Å². The summed E-state index contributed by atoms with van der Waals surface area (Å²) in [6.45, 7) is 1.05. The molecular formula is C22H27N5O4. The van der Waals surface area contributed by atoms with E-state index in [-0.39, 0.29) is 42.1 Å². The monoisotopic (exact) mass is 425 g/mol. The van der Waals surface area contributed by atoms with Crippen molar-refractivity contribution in [2.45, 2.75) is 13.0 Å². The number of allylic oxidation sites excluding steroid dienone is 2. The number of likely N-dealkylation sites (tertiary alicyclic amines) is 1. The molecule has 4 atom stereocenters. The summed E-state index contributed by atoms with van der Waals surface area (Å²) in [6, 6.07) is 7.31. The third-order valence-corrected chi connectivity index (χ3v) is 6.15. The molecule has 1 aromatic rings. The third kappa shape index (κ3) is 4.26. The molecule has 1 heterocycles. The van der Waals surface area contributed by atoms with Gasteiger partial charge < -0.3 is 21.1 Å². The summed E-state index contributed by atoms with van der Waals surface area (Å²) in [5.41, 5.74) is 6.03. The van der Waals surface area contributed by atoms with Gasteiger partial charge in [-0.1, -0.05) is 24.3 Å². The number of benzene rings is 1. The fourth-order valence-corrected chi connectivity index (χ4v) is 4.78. The second-order valence-electron chi connectivity index (χ2n) is 8.08. The molecule has 1 saturated carbocycles. The van der Waals surface area contributed by atoms with Gasteiger partial charge in [0.15, 0.2) is 12.6 Å². The van der Waals surface area contributed by atoms with Crippen molar-refractivity contribution in [2.24, 2.45) is 34.4 Å². The Morgan fingerprint density at radius 3 is 2.55 bits per heavy atom. The molecular weight excluding hydrogens is 398 g/mol. The van der Waals surface area contributed by atoms with Crippen LogP contribution >= 0.6 is 0 Å². The number of carbonyl (C=O) groups excluding carboxylic acids is 3. The van der Waals surface area contributed by atoms with Gasteiger partial charge in [0.2, 0.25) is 11.8 Å². The van der Waals surface area contributed by atoms with Crippen molar-refractivity contribution < 1.29 is 19.1 Å². The molecule has 1 saturated heterocycles. The van der Waals surface area contributed by atoms with Gasteiger partial charge in [0.05, 0.1) is 11.8 Å². The fraction of sp³-hybridized carbons (Fsp3) is 0.455. The SMILES string of the molecule is CN=C(NCCN1C(=O)C2C3C=CC(C3)C2C1=O)NCc1cccc(OCC(N)=O)c1.